The Hall–Kier alpha value is -2.53. The molecule has 0 aliphatic rings. The van der Waals surface area contributed by atoms with E-state index in [1.807, 2.05) is 0 Å². The van der Waals surface area contributed by atoms with Gasteiger partial charge in [-0.1, -0.05) is 18.5 Å². The molecule has 126 valence electrons. The van der Waals surface area contributed by atoms with E-state index in [-0.39, 0.29) is 47.4 Å². The van der Waals surface area contributed by atoms with E-state index in [1.165, 1.54) is 19.2 Å². The van der Waals surface area contributed by atoms with Crippen molar-refractivity contribution in [2.75, 3.05) is 13.7 Å². The Bertz CT molecular complexity index is 753. The highest BCUT2D eigenvalue weighted by atomic mass is 35.5. The van der Waals surface area contributed by atoms with Crippen molar-refractivity contribution in [3.05, 3.63) is 52.5 Å². The van der Waals surface area contributed by atoms with Gasteiger partial charge in [-0.05, 0) is 30.3 Å². The second-order valence-electron chi connectivity index (χ2n) is 5.02. The molecular formula is C18H17ClO5. The van der Waals surface area contributed by atoms with Gasteiger partial charge in [-0.2, -0.15) is 0 Å². The molecule has 2 rings (SSSR count). The summed E-state index contributed by atoms with van der Waals surface area (Å²) in [6, 6.07) is 9.12. The molecule has 0 aromatic heterocycles. The molecule has 0 amide bonds. The maximum atomic E-state index is 12.1. The molecule has 5 nitrogen and oxygen atoms in total. The van der Waals surface area contributed by atoms with Crippen LogP contribution in [0.2, 0.25) is 5.02 Å². The van der Waals surface area contributed by atoms with Crippen LogP contribution in [-0.4, -0.2) is 30.4 Å². The summed E-state index contributed by atoms with van der Waals surface area (Å²) in [5.41, 5.74) is 0.617. The molecule has 0 aliphatic carbocycles. The van der Waals surface area contributed by atoms with Gasteiger partial charge in [-0.15, -0.1) is 0 Å². The second kappa shape index (κ2) is 7.84. The molecule has 0 bridgehead atoms. The van der Waals surface area contributed by atoms with Crippen LogP contribution in [0.1, 0.15) is 34.1 Å². The number of Topliss-reactive ketones (excluding diaryl/α,β-unsaturated/α-hetero) is 2. The van der Waals surface area contributed by atoms with Crippen LogP contribution in [0, 0.1) is 0 Å². The number of rotatable bonds is 7. The lowest BCUT2D eigenvalue weighted by atomic mass is 10.1. The minimum absolute atomic E-state index is 0.158. The van der Waals surface area contributed by atoms with Gasteiger partial charge in [0.15, 0.2) is 29.7 Å². The number of phenols is 1. The molecule has 24 heavy (non-hydrogen) atoms. The predicted molar refractivity (Wildman–Crippen MR) is 90.6 cm³/mol. The van der Waals surface area contributed by atoms with Crippen LogP contribution in [-0.2, 0) is 0 Å². The summed E-state index contributed by atoms with van der Waals surface area (Å²) in [6.07, 6.45) is 0.256. The zero-order valence-corrected chi connectivity index (χ0v) is 14.1. The fraction of sp³-hybridized carbons (Fsp3) is 0.222. The summed E-state index contributed by atoms with van der Waals surface area (Å²) in [7, 11) is 1.42. The van der Waals surface area contributed by atoms with Gasteiger partial charge in [-0.3, -0.25) is 9.59 Å². The molecule has 0 saturated heterocycles. The predicted octanol–water partition coefficient (Wildman–Crippen LogP) is 3.91. The average molecular weight is 349 g/mol. The van der Waals surface area contributed by atoms with Crippen molar-refractivity contribution in [2.24, 2.45) is 0 Å². The zero-order valence-electron chi connectivity index (χ0n) is 13.3. The highest BCUT2D eigenvalue weighted by Gasteiger charge is 2.17. The van der Waals surface area contributed by atoms with Crippen LogP contribution < -0.4 is 9.47 Å². The van der Waals surface area contributed by atoms with Crippen LogP contribution in [0.4, 0.5) is 0 Å². The van der Waals surface area contributed by atoms with Gasteiger partial charge in [0.25, 0.3) is 0 Å². The number of halogens is 1. The first-order chi connectivity index (χ1) is 11.5. The van der Waals surface area contributed by atoms with Gasteiger partial charge < -0.3 is 14.6 Å². The van der Waals surface area contributed by atoms with Gasteiger partial charge in [0.2, 0.25) is 0 Å². The Balaban J connectivity index is 2.17. The first kappa shape index (κ1) is 17.8. The Morgan fingerprint density at radius 2 is 1.75 bits per heavy atom. The van der Waals surface area contributed by atoms with Crippen molar-refractivity contribution in [1.82, 2.24) is 0 Å². The van der Waals surface area contributed by atoms with Crippen LogP contribution in [0.3, 0.4) is 0 Å². The average Bonchev–Trinajstić information content (AvgIpc) is 2.59. The van der Waals surface area contributed by atoms with Crippen molar-refractivity contribution in [2.45, 2.75) is 13.3 Å². The minimum Gasteiger partial charge on any atom is -0.507 e. The number of ketones is 2. The number of carbonyl (C=O) groups excluding carboxylic acids is 2. The zero-order chi connectivity index (χ0) is 17.7. The topological polar surface area (TPSA) is 72.8 Å². The first-order valence-electron chi connectivity index (χ1n) is 7.32. The van der Waals surface area contributed by atoms with E-state index in [0.29, 0.717) is 10.6 Å². The number of hydrogen-bond donors (Lipinski definition) is 1. The summed E-state index contributed by atoms with van der Waals surface area (Å²) in [6.45, 7) is 1.46. The molecule has 0 saturated carbocycles. The molecule has 2 aromatic carbocycles. The van der Waals surface area contributed by atoms with Gasteiger partial charge >= 0.3 is 0 Å². The summed E-state index contributed by atoms with van der Waals surface area (Å²) >= 11 is 5.78. The lowest BCUT2D eigenvalue weighted by molar-refractivity contribution is 0.0917. The van der Waals surface area contributed by atoms with Gasteiger partial charge in [0.05, 0.1) is 12.7 Å². The first-order valence-corrected chi connectivity index (χ1v) is 7.69. The van der Waals surface area contributed by atoms with Crippen LogP contribution >= 0.6 is 11.6 Å². The van der Waals surface area contributed by atoms with E-state index in [2.05, 4.69) is 0 Å². The highest BCUT2D eigenvalue weighted by molar-refractivity contribution is 6.30. The van der Waals surface area contributed by atoms with E-state index in [9.17, 15) is 14.7 Å². The molecule has 1 N–H and O–H groups in total. The largest absolute Gasteiger partial charge is 0.507 e. The number of methoxy groups -OCH3 is 1. The lowest BCUT2D eigenvalue weighted by Crippen LogP contribution is -2.12. The molecule has 0 atom stereocenters. The van der Waals surface area contributed by atoms with E-state index in [1.54, 1.807) is 31.2 Å². The maximum Gasteiger partial charge on any atom is 0.200 e. The summed E-state index contributed by atoms with van der Waals surface area (Å²) in [5.74, 6) is -0.216. The van der Waals surface area contributed by atoms with E-state index >= 15 is 0 Å². The van der Waals surface area contributed by atoms with Crippen molar-refractivity contribution in [3.63, 3.8) is 0 Å². The van der Waals surface area contributed by atoms with Gasteiger partial charge in [0.1, 0.15) is 5.75 Å². The Morgan fingerprint density at radius 3 is 2.33 bits per heavy atom. The van der Waals surface area contributed by atoms with E-state index in [4.69, 9.17) is 21.1 Å². The number of carbonyl (C=O) groups is 2. The normalized spacial score (nSPS) is 10.3. The molecule has 6 heteroatoms. The molecule has 2 aromatic rings. The summed E-state index contributed by atoms with van der Waals surface area (Å²) in [5, 5.41) is 10.5. The molecule has 0 spiro atoms. The third-order valence-corrected chi connectivity index (χ3v) is 3.68. The number of phenolic OH excluding ortho intramolecular Hbond substituents is 1. The SMILES string of the molecule is CCC(=O)c1cc(OC)c(OCC(=O)c2ccc(Cl)cc2)cc1O. The number of aromatic hydroxyl groups is 1. The third-order valence-electron chi connectivity index (χ3n) is 3.43. The molecular weight excluding hydrogens is 332 g/mol. The molecule has 0 radical (unpaired) electrons. The molecule has 0 aliphatic heterocycles. The molecule has 0 fully saturated rings. The molecule has 0 heterocycles. The second-order valence-corrected chi connectivity index (χ2v) is 5.45. The number of benzene rings is 2. The fourth-order valence-corrected chi connectivity index (χ4v) is 2.22. The van der Waals surface area contributed by atoms with Gasteiger partial charge in [-0.25, -0.2) is 0 Å². The van der Waals surface area contributed by atoms with Crippen molar-refractivity contribution in [3.8, 4) is 17.2 Å². The van der Waals surface area contributed by atoms with E-state index in [0.717, 1.165) is 0 Å². The lowest BCUT2D eigenvalue weighted by Gasteiger charge is -2.13. The Kier molecular flexibility index (Phi) is 5.82. The van der Waals surface area contributed by atoms with Crippen molar-refractivity contribution < 1.29 is 24.2 Å². The highest BCUT2D eigenvalue weighted by Crippen LogP contribution is 2.35. The minimum atomic E-state index is -0.248. The fourth-order valence-electron chi connectivity index (χ4n) is 2.10. The quantitative estimate of drug-likeness (QED) is 0.768. The maximum absolute atomic E-state index is 12.1. The summed E-state index contributed by atoms with van der Waals surface area (Å²) in [4.78, 5) is 23.9. The monoisotopic (exact) mass is 348 g/mol. The summed E-state index contributed by atoms with van der Waals surface area (Å²) < 4.78 is 10.6. The van der Waals surface area contributed by atoms with Crippen LogP contribution in [0.15, 0.2) is 36.4 Å². The van der Waals surface area contributed by atoms with Crippen LogP contribution in [0.25, 0.3) is 0 Å². The Morgan fingerprint density at radius 1 is 1.08 bits per heavy atom. The van der Waals surface area contributed by atoms with Crippen LogP contribution in [0.5, 0.6) is 17.2 Å². The standard InChI is InChI=1S/C18H17ClO5/c1-3-14(20)13-8-17(23-2)18(9-15(13)21)24-10-16(22)11-4-6-12(19)7-5-11/h4-9,21H,3,10H2,1-2H3. The third kappa shape index (κ3) is 4.06. The molecule has 0 unspecified atom stereocenters. The smallest absolute Gasteiger partial charge is 0.200 e. The van der Waals surface area contributed by atoms with E-state index < -0.39 is 0 Å². The van der Waals surface area contributed by atoms with Crippen molar-refractivity contribution >= 4 is 23.2 Å². The number of hydrogen-bond acceptors (Lipinski definition) is 5. The number of ether oxygens (including phenoxy) is 2. The van der Waals surface area contributed by atoms with Crippen molar-refractivity contribution in [1.29, 1.82) is 0 Å². The van der Waals surface area contributed by atoms with Gasteiger partial charge in [0, 0.05) is 23.1 Å². The Labute approximate surface area is 144 Å².